The van der Waals surface area contributed by atoms with Crippen molar-refractivity contribution in [3.05, 3.63) is 47.0 Å². The molecule has 2 N–H and O–H groups in total. The second-order valence-electron chi connectivity index (χ2n) is 4.94. The minimum absolute atomic E-state index is 0.200. The van der Waals surface area contributed by atoms with Gasteiger partial charge in [0.25, 0.3) is 5.88 Å². The molecule has 2 aromatic rings. The Morgan fingerprint density at radius 2 is 1.85 bits per heavy atom. The highest BCUT2D eigenvalue weighted by Crippen LogP contribution is 2.32. The molecule has 2 rings (SSSR count). The van der Waals surface area contributed by atoms with Crippen LogP contribution >= 0.6 is 0 Å². The van der Waals surface area contributed by atoms with Gasteiger partial charge in [-0.15, -0.1) is 0 Å². The Morgan fingerprint density at radius 1 is 1.15 bits per heavy atom. The average molecular weight is 278 g/mol. The Morgan fingerprint density at radius 3 is 2.50 bits per heavy atom. The number of aryl methyl sites for hydroxylation is 1. The molecule has 1 aromatic heterocycles. The summed E-state index contributed by atoms with van der Waals surface area (Å²) in [5, 5.41) is 0. The van der Waals surface area contributed by atoms with Crippen molar-refractivity contribution in [3.63, 3.8) is 0 Å². The summed E-state index contributed by atoms with van der Waals surface area (Å²) in [5.41, 5.74) is 7.23. The lowest BCUT2D eigenvalue weighted by molar-refractivity contribution is 0.412. The number of nitrogen functional groups attached to an aromatic ring is 1. The molecule has 0 radical (unpaired) electrons. The van der Waals surface area contributed by atoms with Gasteiger partial charge < -0.3 is 10.5 Å². The molecule has 0 fully saturated rings. The lowest BCUT2D eigenvalue weighted by Crippen LogP contribution is -2.02. The zero-order valence-corrected chi connectivity index (χ0v) is 11.6. The van der Waals surface area contributed by atoms with Crippen LogP contribution in [0.4, 0.5) is 14.6 Å². The van der Waals surface area contributed by atoms with E-state index in [1.807, 2.05) is 32.9 Å². The molecule has 20 heavy (non-hydrogen) atoms. The molecule has 0 spiro atoms. The first-order chi connectivity index (χ1) is 9.38. The van der Waals surface area contributed by atoms with Crippen molar-refractivity contribution in [3.8, 4) is 11.6 Å². The quantitative estimate of drug-likeness (QED) is 0.916. The van der Waals surface area contributed by atoms with Crippen molar-refractivity contribution in [1.29, 1.82) is 0 Å². The third kappa shape index (κ3) is 2.87. The zero-order valence-electron chi connectivity index (χ0n) is 11.6. The third-order valence-corrected chi connectivity index (χ3v) is 2.92. The summed E-state index contributed by atoms with van der Waals surface area (Å²) in [6.45, 7) is 5.90. The van der Waals surface area contributed by atoms with Crippen LogP contribution in [-0.4, -0.2) is 4.98 Å². The first-order valence-corrected chi connectivity index (χ1v) is 6.28. The number of aromatic nitrogens is 1. The highest BCUT2D eigenvalue weighted by atomic mass is 19.1. The molecule has 0 aliphatic carbocycles. The van der Waals surface area contributed by atoms with Crippen molar-refractivity contribution < 1.29 is 13.5 Å². The van der Waals surface area contributed by atoms with E-state index in [-0.39, 0.29) is 17.6 Å². The molecule has 0 atom stereocenters. The van der Waals surface area contributed by atoms with Gasteiger partial charge in [0.15, 0.2) is 17.5 Å². The number of nitrogens with zero attached hydrogens (tertiary/aromatic N) is 1. The lowest BCUT2D eigenvalue weighted by atomic mass is 10.0. The molecule has 0 saturated carbocycles. The number of pyridine rings is 1. The Bertz CT molecular complexity index is 642. The topological polar surface area (TPSA) is 48.1 Å². The maximum Gasteiger partial charge on any atom is 0.258 e. The van der Waals surface area contributed by atoms with Crippen LogP contribution in [0.3, 0.4) is 0 Å². The number of nitrogens with two attached hydrogens (primary N) is 1. The van der Waals surface area contributed by atoms with Crippen LogP contribution in [-0.2, 0) is 0 Å². The van der Waals surface area contributed by atoms with Gasteiger partial charge in [-0.05, 0) is 30.0 Å². The van der Waals surface area contributed by atoms with Crippen LogP contribution in [0.2, 0.25) is 0 Å². The van der Waals surface area contributed by atoms with E-state index in [0.717, 1.165) is 11.1 Å². The third-order valence-electron chi connectivity index (χ3n) is 2.92. The fourth-order valence-corrected chi connectivity index (χ4v) is 1.85. The van der Waals surface area contributed by atoms with Crippen molar-refractivity contribution in [2.45, 2.75) is 26.7 Å². The second-order valence-corrected chi connectivity index (χ2v) is 4.94. The number of ether oxygens (including phenoxy) is 1. The number of benzene rings is 1. The number of hydrogen-bond donors (Lipinski definition) is 1. The number of hydrogen-bond acceptors (Lipinski definition) is 3. The number of halogens is 2. The summed E-state index contributed by atoms with van der Waals surface area (Å²) < 4.78 is 32.2. The first-order valence-electron chi connectivity index (χ1n) is 6.28. The molecule has 0 bridgehead atoms. The van der Waals surface area contributed by atoms with Crippen molar-refractivity contribution in [2.75, 3.05) is 5.73 Å². The van der Waals surface area contributed by atoms with Gasteiger partial charge in [-0.25, -0.2) is 8.78 Å². The summed E-state index contributed by atoms with van der Waals surface area (Å²) in [5.74, 6) is -1.79. The van der Waals surface area contributed by atoms with Gasteiger partial charge in [0.05, 0.1) is 0 Å². The van der Waals surface area contributed by atoms with Crippen LogP contribution in [0.25, 0.3) is 0 Å². The molecular weight excluding hydrogens is 262 g/mol. The number of rotatable bonds is 3. The molecule has 0 unspecified atom stereocenters. The molecule has 0 amide bonds. The molecule has 0 aliphatic rings. The smallest absolute Gasteiger partial charge is 0.258 e. The van der Waals surface area contributed by atoms with E-state index in [1.54, 1.807) is 6.07 Å². The van der Waals surface area contributed by atoms with E-state index in [0.29, 0.717) is 11.8 Å². The largest absolute Gasteiger partial charge is 0.436 e. The average Bonchev–Trinajstić information content (AvgIpc) is 2.35. The van der Waals surface area contributed by atoms with Gasteiger partial charge in [0.2, 0.25) is 0 Å². The maximum atomic E-state index is 13.7. The predicted octanol–water partition coefficient (Wildman–Crippen LogP) is 4.17. The monoisotopic (exact) mass is 278 g/mol. The predicted molar refractivity (Wildman–Crippen MR) is 73.9 cm³/mol. The van der Waals surface area contributed by atoms with Crippen LogP contribution in [0.1, 0.15) is 30.9 Å². The van der Waals surface area contributed by atoms with Crippen LogP contribution in [0.15, 0.2) is 24.3 Å². The standard InChI is InChI=1S/C15H16F2N2O/c1-8(2)10-5-4-9(3)6-13(10)20-15-12(17)7-11(16)14(18)19-15/h4-8H,1-3H3,(H2,18,19). The van der Waals surface area contributed by atoms with E-state index < -0.39 is 11.6 Å². The van der Waals surface area contributed by atoms with E-state index in [1.165, 1.54) is 0 Å². The first kappa shape index (κ1) is 14.2. The zero-order chi connectivity index (χ0) is 14.9. The lowest BCUT2D eigenvalue weighted by Gasteiger charge is -2.14. The summed E-state index contributed by atoms with van der Waals surface area (Å²) in [6.07, 6.45) is 0. The Hall–Kier alpha value is -2.17. The minimum Gasteiger partial charge on any atom is -0.436 e. The van der Waals surface area contributed by atoms with E-state index in [2.05, 4.69) is 4.98 Å². The van der Waals surface area contributed by atoms with Crippen molar-refractivity contribution in [2.24, 2.45) is 0 Å². The molecular formula is C15H16F2N2O. The molecule has 0 saturated heterocycles. The van der Waals surface area contributed by atoms with Crippen LogP contribution < -0.4 is 10.5 Å². The SMILES string of the molecule is Cc1ccc(C(C)C)c(Oc2nc(N)c(F)cc2F)c1. The van der Waals surface area contributed by atoms with Crippen LogP contribution in [0, 0.1) is 18.6 Å². The minimum atomic E-state index is -0.900. The molecule has 1 heterocycles. The van der Waals surface area contributed by atoms with Gasteiger partial charge in [0.1, 0.15) is 5.75 Å². The molecule has 3 nitrogen and oxygen atoms in total. The van der Waals surface area contributed by atoms with Gasteiger partial charge in [-0.3, -0.25) is 0 Å². The molecule has 1 aromatic carbocycles. The fourth-order valence-electron chi connectivity index (χ4n) is 1.85. The van der Waals surface area contributed by atoms with Gasteiger partial charge in [-0.1, -0.05) is 26.0 Å². The Balaban J connectivity index is 2.44. The normalized spacial score (nSPS) is 10.9. The van der Waals surface area contributed by atoms with Crippen molar-refractivity contribution in [1.82, 2.24) is 4.98 Å². The van der Waals surface area contributed by atoms with E-state index in [4.69, 9.17) is 10.5 Å². The maximum absolute atomic E-state index is 13.7. The van der Waals surface area contributed by atoms with E-state index in [9.17, 15) is 8.78 Å². The fraction of sp³-hybridized carbons (Fsp3) is 0.267. The summed E-state index contributed by atoms with van der Waals surface area (Å²) in [7, 11) is 0. The summed E-state index contributed by atoms with van der Waals surface area (Å²) >= 11 is 0. The highest BCUT2D eigenvalue weighted by molar-refractivity contribution is 5.42. The van der Waals surface area contributed by atoms with Crippen LogP contribution in [0.5, 0.6) is 11.6 Å². The number of anilines is 1. The van der Waals surface area contributed by atoms with Gasteiger partial charge in [-0.2, -0.15) is 4.98 Å². The van der Waals surface area contributed by atoms with Gasteiger partial charge in [0, 0.05) is 6.07 Å². The second kappa shape index (κ2) is 5.45. The molecule has 5 heteroatoms. The summed E-state index contributed by atoms with van der Waals surface area (Å²) in [4.78, 5) is 3.60. The summed E-state index contributed by atoms with van der Waals surface area (Å²) in [6, 6.07) is 6.32. The molecule has 0 aliphatic heterocycles. The van der Waals surface area contributed by atoms with Gasteiger partial charge >= 0.3 is 0 Å². The Labute approximate surface area is 116 Å². The van der Waals surface area contributed by atoms with Crippen molar-refractivity contribution >= 4 is 5.82 Å². The van der Waals surface area contributed by atoms with E-state index >= 15 is 0 Å². The Kier molecular flexibility index (Phi) is 3.88. The molecule has 106 valence electrons. The highest BCUT2D eigenvalue weighted by Gasteiger charge is 2.15.